The molecule has 1 amide bonds. The number of hydrogen-bond donors (Lipinski definition) is 1. The monoisotopic (exact) mass is 290 g/mol. The van der Waals surface area contributed by atoms with Crippen LogP contribution in [0.15, 0.2) is 24.3 Å². The SMILES string of the molecule is CCCc1nnsc1C(=O)N(C)Cc1ccc(N)cc1. The van der Waals surface area contributed by atoms with Gasteiger partial charge in [0.1, 0.15) is 4.88 Å². The number of benzene rings is 1. The van der Waals surface area contributed by atoms with Gasteiger partial charge in [0.05, 0.1) is 5.69 Å². The third-order valence-electron chi connectivity index (χ3n) is 2.98. The number of carbonyl (C=O) groups excluding carboxylic acids is 1. The molecule has 0 fully saturated rings. The first kappa shape index (κ1) is 14.5. The van der Waals surface area contributed by atoms with Crippen molar-refractivity contribution < 1.29 is 4.79 Å². The van der Waals surface area contributed by atoms with Crippen molar-refractivity contribution in [3.05, 3.63) is 40.4 Å². The molecule has 1 aromatic heterocycles. The Kier molecular flexibility index (Phi) is 4.68. The van der Waals surface area contributed by atoms with E-state index in [9.17, 15) is 4.79 Å². The molecule has 6 heteroatoms. The first-order valence-electron chi connectivity index (χ1n) is 6.53. The molecule has 0 aliphatic rings. The van der Waals surface area contributed by atoms with Crippen molar-refractivity contribution in [2.45, 2.75) is 26.3 Å². The third kappa shape index (κ3) is 3.33. The van der Waals surface area contributed by atoms with E-state index in [0.29, 0.717) is 11.4 Å². The minimum Gasteiger partial charge on any atom is -0.399 e. The summed E-state index contributed by atoms with van der Waals surface area (Å²) in [6, 6.07) is 7.53. The van der Waals surface area contributed by atoms with Crippen molar-refractivity contribution in [2.24, 2.45) is 0 Å². The van der Waals surface area contributed by atoms with E-state index in [1.54, 1.807) is 11.9 Å². The van der Waals surface area contributed by atoms with E-state index in [2.05, 4.69) is 16.5 Å². The van der Waals surface area contributed by atoms with Gasteiger partial charge in [0, 0.05) is 19.3 Å². The molecule has 0 atom stereocenters. The van der Waals surface area contributed by atoms with Gasteiger partial charge in [-0.2, -0.15) is 0 Å². The lowest BCUT2D eigenvalue weighted by Gasteiger charge is -2.16. The summed E-state index contributed by atoms with van der Waals surface area (Å²) in [5.41, 5.74) is 8.22. The zero-order chi connectivity index (χ0) is 14.5. The van der Waals surface area contributed by atoms with Crippen molar-refractivity contribution >= 4 is 23.1 Å². The highest BCUT2D eigenvalue weighted by molar-refractivity contribution is 7.07. The van der Waals surface area contributed by atoms with E-state index in [0.717, 1.165) is 29.8 Å². The van der Waals surface area contributed by atoms with Gasteiger partial charge in [-0.1, -0.05) is 30.0 Å². The van der Waals surface area contributed by atoms with Crippen molar-refractivity contribution in [1.82, 2.24) is 14.5 Å². The fraction of sp³-hybridized carbons (Fsp3) is 0.357. The first-order valence-corrected chi connectivity index (χ1v) is 7.30. The summed E-state index contributed by atoms with van der Waals surface area (Å²) >= 11 is 1.17. The van der Waals surface area contributed by atoms with E-state index in [1.807, 2.05) is 24.3 Å². The van der Waals surface area contributed by atoms with Crippen LogP contribution in [-0.4, -0.2) is 27.4 Å². The summed E-state index contributed by atoms with van der Waals surface area (Å²) in [5, 5.41) is 4.03. The topological polar surface area (TPSA) is 72.1 Å². The zero-order valence-electron chi connectivity index (χ0n) is 11.7. The summed E-state index contributed by atoms with van der Waals surface area (Å²) in [6.07, 6.45) is 1.74. The Morgan fingerprint density at radius 2 is 2.05 bits per heavy atom. The molecule has 2 rings (SSSR count). The molecule has 0 bridgehead atoms. The zero-order valence-corrected chi connectivity index (χ0v) is 12.5. The Hall–Kier alpha value is -1.95. The number of nitrogens with two attached hydrogens (primary N) is 1. The number of rotatable bonds is 5. The van der Waals surface area contributed by atoms with E-state index >= 15 is 0 Å². The Bertz CT molecular complexity index is 579. The molecule has 5 nitrogen and oxygen atoms in total. The van der Waals surface area contributed by atoms with Crippen LogP contribution in [0.25, 0.3) is 0 Å². The third-order valence-corrected chi connectivity index (χ3v) is 3.74. The second-order valence-corrected chi connectivity index (χ2v) is 5.46. The van der Waals surface area contributed by atoms with Gasteiger partial charge in [0.2, 0.25) is 0 Å². The molecule has 0 unspecified atom stereocenters. The molecule has 0 radical (unpaired) electrons. The van der Waals surface area contributed by atoms with Crippen LogP contribution < -0.4 is 5.73 Å². The lowest BCUT2D eigenvalue weighted by molar-refractivity contribution is 0.0788. The minimum absolute atomic E-state index is 0.0275. The molecule has 0 aliphatic heterocycles. The van der Waals surface area contributed by atoms with Crippen LogP contribution in [0.5, 0.6) is 0 Å². The maximum absolute atomic E-state index is 12.4. The lowest BCUT2D eigenvalue weighted by atomic mass is 10.2. The number of aryl methyl sites for hydroxylation is 1. The van der Waals surface area contributed by atoms with Gasteiger partial charge in [0.25, 0.3) is 5.91 Å². The number of carbonyl (C=O) groups is 1. The second-order valence-electron chi connectivity index (χ2n) is 4.70. The summed E-state index contributed by atoms with van der Waals surface area (Å²) in [6.45, 7) is 2.61. The van der Waals surface area contributed by atoms with Gasteiger partial charge < -0.3 is 10.6 Å². The molecule has 1 aromatic carbocycles. The van der Waals surface area contributed by atoms with Crippen molar-refractivity contribution in [3.8, 4) is 0 Å². The average Bonchev–Trinajstić information content (AvgIpc) is 2.89. The number of amides is 1. The van der Waals surface area contributed by atoms with Gasteiger partial charge >= 0.3 is 0 Å². The van der Waals surface area contributed by atoms with E-state index in [4.69, 9.17) is 5.73 Å². The Labute approximate surface area is 122 Å². The molecular weight excluding hydrogens is 272 g/mol. The first-order chi connectivity index (χ1) is 9.61. The molecule has 2 aromatic rings. The van der Waals surface area contributed by atoms with E-state index in [1.165, 1.54) is 11.5 Å². The Morgan fingerprint density at radius 1 is 1.35 bits per heavy atom. The fourth-order valence-electron chi connectivity index (χ4n) is 1.91. The number of aromatic nitrogens is 2. The van der Waals surface area contributed by atoms with E-state index in [-0.39, 0.29) is 5.91 Å². The van der Waals surface area contributed by atoms with Crippen molar-refractivity contribution in [2.75, 3.05) is 12.8 Å². The molecule has 0 saturated heterocycles. The highest BCUT2D eigenvalue weighted by Gasteiger charge is 2.19. The molecule has 0 saturated carbocycles. The summed E-state index contributed by atoms with van der Waals surface area (Å²) in [5.74, 6) is -0.0275. The number of nitrogen functional groups attached to an aromatic ring is 1. The maximum Gasteiger partial charge on any atom is 0.267 e. The Morgan fingerprint density at radius 3 is 2.70 bits per heavy atom. The van der Waals surface area contributed by atoms with Gasteiger partial charge in [-0.3, -0.25) is 4.79 Å². The predicted octanol–water partition coefficient (Wildman–Crippen LogP) is 2.35. The van der Waals surface area contributed by atoms with E-state index < -0.39 is 0 Å². The average molecular weight is 290 g/mol. The van der Waals surface area contributed by atoms with Crippen LogP contribution >= 0.6 is 11.5 Å². The number of hydrogen-bond acceptors (Lipinski definition) is 5. The lowest BCUT2D eigenvalue weighted by Crippen LogP contribution is -2.26. The largest absolute Gasteiger partial charge is 0.399 e. The summed E-state index contributed by atoms with van der Waals surface area (Å²) < 4.78 is 3.89. The summed E-state index contributed by atoms with van der Waals surface area (Å²) in [4.78, 5) is 14.7. The maximum atomic E-state index is 12.4. The molecule has 20 heavy (non-hydrogen) atoms. The van der Waals surface area contributed by atoms with Gasteiger partial charge in [-0.25, -0.2) is 0 Å². The second kappa shape index (κ2) is 6.47. The quantitative estimate of drug-likeness (QED) is 0.858. The van der Waals surface area contributed by atoms with Gasteiger partial charge in [0.15, 0.2) is 0 Å². The van der Waals surface area contributed by atoms with Gasteiger partial charge in [-0.15, -0.1) is 5.10 Å². The minimum atomic E-state index is -0.0275. The van der Waals surface area contributed by atoms with Crippen LogP contribution in [0.4, 0.5) is 5.69 Å². The predicted molar refractivity (Wildman–Crippen MR) is 80.6 cm³/mol. The van der Waals surface area contributed by atoms with Crippen LogP contribution in [-0.2, 0) is 13.0 Å². The van der Waals surface area contributed by atoms with Crippen LogP contribution in [0.1, 0.15) is 34.3 Å². The molecule has 0 spiro atoms. The highest BCUT2D eigenvalue weighted by Crippen LogP contribution is 2.16. The fourth-order valence-corrected chi connectivity index (χ4v) is 2.62. The van der Waals surface area contributed by atoms with Crippen LogP contribution in [0.3, 0.4) is 0 Å². The highest BCUT2D eigenvalue weighted by atomic mass is 32.1. The normalized spacial score (nSPS) is 10.5. The van der Waals surface area contributed by atoms with Gasteiger partial charge in [-0.05, 0) is 35.6 Å². The molecular formula is C14H18N4OS. The summed E-state index contributed by atoms with van der Waals surface area (Å²) in [7, 11) is 1.79. The standard InChI is InChI=1S/C14H18N4OS/c1-3-4-12-13(20-17-16-12)14(19)18(2)9-10-5-7-11(15)8-6-10/h5-8H,3-4,9,15H2,1-2H3. The van der Waals surface area contributed by atoms with Crippen LogP contribution in [0.2, 0.25) is 0 Å². The van der Waals surface area contributed by atoms with Crippen molar-refractivity contribution in [3.63, 3.8) is 0 Å². The Balaban J connectivity index is 2.08. The number of anilines is 1. The van der Waals surface area contributed by atoms with Crippen molar-refractivity contribution in [1.29, 1.82) is 0 Å². The smallest absolute Gasteiger partial charge is 0.267 e. The molecule has 2 N–H and O–H groups in total. The molecule has 106 valence electrons. The molecule has 0 aliphatic carbocycles. The molecule has 1 heterocycles. The van der Waals surface area contributed by atoms with Crippen LogP contribution in [0, 0.1) is 0 Å². The number of nitrogens with zero attached hydrogens (tertiary/aromatic N) is 3.